The maximum absolute atomic E-state index is 10.7. The van der Waals surface area contributed by atoms with Crippen molar-refractivity contribution in [1.82, 2.24) is 4.98 Å². The van der Waals surface area contributed by atoms with Gasteiger partial charge in [0.1, 0.15) is 4.88 Å². The van der Waals surface area contributed by atoms with E-state index in [1.807, 2.05) is 13.8 Å². The second-order valence-corrected chi connectivity index (χ2v) is 3.59. The SMILES string of the molecule is COC(=O)C#Cc1sc(C)nc1C. The largest absolute Gasteiger partial charge is 0.459 e. The maximum Gasteiger partial charge on any atom is 0.384 e. The maximum atomic E-state index is 10.7. The highest BCUT2D eigenvalue weighted by molar-refractivity contribution is 7.12. The summed E-state index contributed by atoms with van der Waals surface area (Å²) in [7, 11) is 1.31. The molecule has 4 heteroatoms. The molecule has 1 aromatic heterocycles. The molecule has 0 aliphatic carbocycles. The van der Waals surface area contributed by atoms with Gasteiger partial charge in [-0.3, -0.25) is 0 Å². The van der Waals surface area contributed by atoms with Crippen molar-refractivity contribution < 1.29 is 9.53 Å². The molecule has 0 radical (unpaired) electrons. The highest BCUT2D eigenvalue weighted by Crippen LogP contribution is 2.14. The number of esters is 1. The molecule has 0 N–H and O–H groups in total. The highest BCUT2D eigenvalue weighted by atomic mass is 32.1. The van der Waals surface area contributed by atoms with Crippen LogP contribution < -0.4 is 0 Å². The van der Waals surface area contributed by atoms with Crippen molar-refractivity contribution in [2.24, 2.45) is 0 Å². The molecule has 0 saturated heterocycles. The van der Waals surface area contributed by atoms with Crippen LogP contribution in [0.4, 0.5) is 0 Å². The second-order valence-electron chi connectivity index (χ2n) is 2.39. The Hall–Kier alpha value is -1.34. The lowest BCUT2D eigenvalue weighted by Crippen LogP contribution is -1.94. The molecule has 0 amide bonds. The first kappa shape index (κ1) is 9.75. The lowest BCUT2D eigenvalue weighted by atomic mass is 10.4. The van der Waals surface area contributed by atoms with E-state index in [9.17, 15) is 4.79 Å². The van der Waals surface area contributed by atoms with E-state index in [0.717, 1.165) is 15.6 Å². The third-order valence-corrected chi connectivity index (χ3v) is 2.36. The number of aryl methyl sites for hydroxylation is 2. The molecule has 0 bridgehead atoms. The van der Waals surface area contributed by atoms with Crippen molar-refractivity contribution in [2.75, 3.05) is 7.11 Å². The van der Waals surface area contributed by atoms with Crippen LogP contribution in [-0.2, 0) is 9.53 Å². The van der Waals surface area contributed by atoms with Crippen molar-refractivity contribution in [1.29, 1.82) is 0 Å². The minimum atomic E-state index is -0.523. The van der Waals surface area contributed by atoms with E-state index in [2.05, 4.69) is 21.6 Å². The molecule has 0 aromatic carbocycles. The van der Waals surface area contributed by atoms with Crippen molar-refractivity contribution in [3.05, 3.63) is 15.6 Å². The van der Waals surface area contributed by atoms with Crippen LogP contribution in [0.2, 0.25) is 0 Å². The lowest BCUT2D eigenvalue weighted by Gasteiger charge is -1.84. The van der Waals surface area contributed by atoms with E-state index >= 15 is 0 Å². The summed E-state index contributed by atoms with van der Waals surface area (Å²) < 4.78 is 4.39. The van der Waals surface area contributed by atoms with E-state index in [1.54, 1.807) is 0 Å². The summed E-state index contributed by atoms with van der Waals surface area (Å²) in [5.41, 5.74) is 0.860. The molecule has 0 aliphatic rings. The van der Waals surface area contributed by atoms with Crippen LogP contribution in [0, 0.1) is 25.7 Å². The van der Waals surface area contributed by atoms with Gasteiger partial charge in [0, 0.05) is 5.92 Å². The summed E-state index contributed by atoms with van der Waals surface area (Å²) in [5.74, 6) is 4.56. The molecule has 1 rings (SSSR count). The Morgan fingerprint density at radius 2 is 2.23 bits per heavy atom. The van der Waals surface area contributed by atoms with Gasteiger partial charge in [0.2, 0.25) is 0 Å². The van der Waals surface area contributed by atoms with Crippen LogP contribution in [0.25, 0.3) is 0 Å². The quantitative estimate of drug-likeness (QED) is 0.462. The average Bonchev–Trinajstić information content (AvgIpc) is 2.41. The van der Waals surface area contributed by atoms with Crippen LogP contribution in [0.15, 0.2) is 0 Å². The molecule has 0 saturated carbocycles. The third-order valence-electron chi connectivity index (χ3n) is 1.37. The Morgan fingerprint density at radius 3 is 2.69 bits per heavy atom. The fourth-order valence-corrected chi connectivity index (χ4v) is 1.58. The Balaban J connectivity index is 2.89. The van der Waals surface area contributed by atoms with E-state index in [0.29, 0.717) is 0 Å². The molecule has 13 heavy (non-hydrogen) atoms. The molecular formula is C9H9NO2S. The van der Waals surface area contributed by atoms with Gasteiger partial charge >= 0.3 is 5.97 Å². The third kappa shape index (κ3) is 2.56. The number of methoxy groups -OCH3 is 1. The first-order valence-corrected chi connectivity index (χ1v) is 4.49. The van der Waals surface area contributed by atoms with E-state index in [1.165, 1.54) is 18.4 Å². The van der Waals surface area contributed by atoms with Crippen LogP contribution in [0.5, 0.6) is 0 Å². The first-order valence-electron chi connectivity index (χ1n) is 3.67. The molecule has 0 aliphatic heterocycles. The van der Waals surface area contributed by atoms with Gasteiger partial charge in [-0.15, -0.1) is 11.3 Å². The molecule has 1 aromatic rings. The minimum absolute atomic E-state index is 0.523. The van der Waals surface area contributed by atoms with E-state index < -0.39 is 5.97 Å². The molecule has 0 fully saturated rings. The number of hydrogen-bond acceptors (Lipinski definition) is 4. The number of hydrogen-bond donors (Lipinski definition) is 0. The average molecular weight is 195 g/mol. The fourth-order valence-electron chi connectivity index (χ4n) is 0.806. The van der Waals surface area contributed by atoms with Gasteiger partial charge in [-0.05, 0) is 19.8 Å². The van der Waals surface area contributed by atoms with Crippen molar-refractivity contribution in [3.8, 4) is 11.8 Å². The summed E-state index contributed by atoms with van der Waals surface area (Å²) >= 11 is 1.47. The van der Waals surface area contributed by atoms with Gasteiger partial charge in [-0.1, -0.05) is 0 Å². The summed E-state index contributed by atoms with van der Waals surface area (Å²) in [5, 5.41) is 0.951. The summed E-state index contributed by atoms with van der Waals surface area (Å²) in [6.45, 7) is 3.77. The molecule has 1 heterocycles. The number of ether oxygens (including phenoxy) is 1. The van der Waals surface area contributed by atoms with E-state index in [-0.39, 0.29) is 0 Å². The topological polar surface area (TPSA) is 39.2 Å². The smallest absolute Gasteiger partial charge is 0.384 e. The van der Waals surface area contributed by atoms with Crippen LogP contribution in [0.3, 0.4) is 0 Å². The van der Waals surface area contributed by atoms with Crippen molar-refractivity contribution in [3.63, 3.8) is 0 Å². The summed E-state index contributed by atoms with van der Waals surface area (Å²) in [6, 6.07) is 0. The predicted octanol–water partition coefficient (Wildman–Crippen LogP) is 1.28. The van der Waals surface area contributed by atoms with Crippen molar-refractivity contribution >= 4 is 17.3 Å². The normalized spacial score (nSPS) is 8.85. The van der Waals surface area contributed by atoms with E-state index in [4.69, 9.17) is 0 Å². The summed E-state index contributed by atoms with van der Waals surface area (Å²) in [4.78, 5) is 15.7. The number of thiazole rings is 1. The number of carbonyl (C=O) groups is 1. The molecule has 0 unspecified atom stereocenters. The van der Waals surface area contributed by atoms with Gasteiger partial charge in [-0.2, -0.15) is 0 Å². The van der Waals surface area contributed by atoms with Gasteiger partial charge in [0.15, 0.2) is 0 Å². The number of nitrogens with zero attached hydrogens (tertiary/aromatic N) is 1. The van der Waals surface area contributed by atoms with Crippen molar-refractivity contribution in [2.45, 2.75) is 13.8 Å². The molecule has 68 valence electrons. The standard InChI is InChI=1S/C9H9NO2S/c1-6-8(13-7(2)10-6)4-5-9(11)12-3/h1-3H3. The van der Waals surface area contributed by atoms with Crippen LogP contribution in [0.1, 0.15) is 15.6 Å². The zero-order valence-electron chi connectivity index (χ0n) is 7.67. The van der Waals surface area contributed by atoms with Crippen LogP contribution >= 0.6 is 11.3 Å². The highest BCUT2D eigenvalue weighted by Gasteiger charge is 2.01. The molecule has 3 nitrogen and oxygen atoms in total. The Bertz CT molecular complexity index is 384. The molecule has 0 atom stereocenters. The number of carbonyl (C=O) groups excluding carboxylic acids is 1. The van der Waals surface area contributed by atoms with Gasteiger partial charge in [0.05, 0.1) is 17.8 Å². The Morgan fingerprint density at radius 1 is 1.54 bits per heavy atom. The summed E-state index contributed by atoms with van der Waals surface area (Å²) in [6.07, 6.45) is 0. The number of rotatable bonds is 0. The minimum Gasteiger partial charge on any atom is -0.459 e. The second kappa shape index (κ2) is 4.06. The first-order chi connectivity index (χ1) is 6.13. The zero-order chi connectivity index (χ0) is 9.84. The Kier molecular flexibility index (Phi) is 3.04. The Labute approximate surface area is 80.8 Å². The van der Waals surface area contributed by atoms with Gasteiger partial charge < -0.3 is 4.74 Å². The molecule has 0 spiro atoms. The van der Waals surface area contributed by atoms with Gasteiger partial charge in [0.25, 0.3) is 0 Å². The monoisotopic (exact) mass is 195 g/mol. The van der Waals surface area contributed by atoms with Gasteiger partial charge in [-0.25, -0.2) is 9.78 Å². The molecular weight excluding hydrogens is 186 g/mol. The number of aromatic nitrogens is 1. The zero-order valence-corrected chi connectivity index (χ0v) is 8.49. The fraction of sp³-hybridized carbons (Fsp3) is 0.333. The van der Waals surface area contributed by atoms with Crippen LogP contribution in [-0.4, -0.2) is 18.1 Å². The predicted molar refractivity (Wildman–Crippen MR) is 50.5 cm³/mol. The lowest BCUT2D eigenvalue weighted by molar-refractivity contribution is -0.133.